The van der Waals surface area contributed by atoms with Gasteiger partial charge in [-0.2, -0.15) is 5.26 Å². The lowest BCUT2D eigenvalue weighted by Gasteiger charge is -2.06. The Kier molecular flexibility index (Phi) is 3.37. The topological polar surface area (TPSA) is 33.0 Å². The normalized spacial score (nSPS) is 9.65. The van der Waals surface area contributed by atoms with Crippen LogP contribution in [0.15, 0.2) is 42.5 Å². The maximum Gasteiger partial charge on any atom is 0.172 e. The quantitative estimate of drug-likeness (QED) is 0.805. The minimum absolute atomic E-state index is 0.162. The van der Waals surface area contributed by atoms with Gasteiger partial charge in [-0.25, -0.2) is 4.39 Å². The van der Waals surface area contributed by atoms with Crippen molar-refractivity contribution in [3.05, 3.63) is 65.5 Å². The molecular formula is C14H9FNO. The highest BCUT2D eigenvalue weighted by atomic mass is 19.1. The molecule has 0 amide bonds. The molecule has 0 unspecified atom stereocenters. The first-order valence-corrected chi connectivity index (χ1v) is 5.07. The molecule has 1 radical (unpaired) electrons. The lowest BCUT2D eigenvalue weighted by atomic mass is 10.1. The van der Waals surface area contributed by atoms with Crippen LogP contribution in [0.4, 0.5) is 4.39 Å². The molecular weight excluding hydrogens is 217 g/mol. The van der Waals surface area contributed by atoms with E-state index >= 15 is 0 Å². The van der Waals surface area contributed by atoms with Gasteiger partial charge in [-0.05, 0) is 23.8 Å². The standard InChI is InChI=1S/C14H9FNO/c15-13-6-1-2-7-14(13)17-10-12-5-3-4-11(8-12)9-16/h1-5,7-8H,10H2. The SMILES string of the molecule is N#Cc1cccc(COc2ccc[c]c2F)c1. The van der Waals surface area contributed by atoms with Gasteiger partial charge in [0.2, 0.25) is 0 Å². The Balaban J connectivity index is 2.08. The third-order valence-electron chi connectivity index (χ3n) is 2.22. The average Bonchev–Trinajstić information content (AvgIpc) is 2.38. The number of halogens is 1. The van der Waals surface area contributed by atoms with E-state index in [1.54, 1.807) is 30.3 Å². The summed E-state index contributed by atoms with van der Waals surface area (Å²) < 4.78 is 18.5. The minimum atomic E-state index is -0.510. The van der Waals surface area contributed by atoms with Crippen molar-refractivity contribution >= 4 is 0 Å². The van der Waals surface area contributed by atoms with Gasteiger partial charge in [0.05, 0.1) is 11.6 Å². The van der Waals surface area contributed by atoms with E-state index in [0.29, 0.717) is 5.56 Å². The van der Waals surface area contributed by atoms with Crippen LogP contribution in [-0.4, -0.2) is 0 Å². The first kappa shape index (κ1) is 11.2. The zero-order valence-corrected chi connectivity index (χ0v) is 8.98. The van der Waals surface area contributed by atoms with Crippen LogP contribution in [0.1, 0.15) is 11.1 Å². The van der Waals surface area contributed by atoms with Crippen molar-refractivity contribution < 1.29 is 9.13 Å². The van der Waals surface area contributed by atoms with Gasteiger partial charge >= 0.3 is 0 Å². The zero-order valence-electron chi connectivity index (χ0n) is 8.98. The van der Waals surface area contributed by atoms with Gasteiger partial charge in [0.1, 0.15) is 6.61 Å². The summed E-state index contributed by atoms with van der Waals surface area (Å²) in [6, 6.07) is 16.2. The number of nitrogens with zero attached hydrogens (tertiary/aromatic N) is 1. The van der Waals surface area contributed by atoms with Gasteiger partial charge in [-0.15, -0.1) is 0 Å². The molecule has 2 nitrogen and oxygen atoms in total. The number of ether oxygens (including phenoxy) is 1. The molecule has 0 aliphatic carbocycles. The molecule has 0 saturated carbocycles. The van der Waals surface area contributed by atoms with E-state index in [4.69, 9.17) is 10.00 Å². The maximum absolute atomic E-state index is 13.2. The Bertz CT molecular complexity index is 560. The molecule has 0 aliphatic rings. The van der Waals surface area contributed by atoms with Gasteiger partial charge in [0, 0.05) is 6.07 Å². The van der Waals surface area contributed by atoms with E-state index in [2.05, 4.69) is 6.07 Å². The number of benzene rings is 2. The van der Waals surface area contributed by atoms with Crippen LogP contribution < -0.4 is 4.74 Å². The van der Waals surface area contributed by atoms with Crippen LogP contribution in [0.3, 0.4) is 0 Å². The second kappa shape index (κ2) is 5.13. The molecule has 0 aliphatic heterocycles. The van der Waals surface area contributed by atoms with E-state index in [-0.39, 0.29) is 12.4 Å². The highest BCUT2D eigenvalue weighted by molar-refractivity contribution is 5.33. The molecule has 17 heavy (non-hydrogen) atoms. The smallest absolute Gasteiger partial charge is 0.172 e. The first-order valence-electron chi connectivity index (χ1n) is 5.07. The van der Waals surface area contributed by atoms with Crippen molar-refractivity contribution in [2.75, 3.05) is 0 Å². The fourth-order valence-corrected chi connectivity index (χ4v) is 1.40. The van der Waals surface area contributed by atoms with E-state index in [1.807, 2.05) is 12.1 Å². The predicted molar refractivity (Wildman–Crippen MR) is 60.7 cm³/mol. The molecule has 2 aromatic carbocycles. The summed E-state index contributed by atoms with van der Waals surface area (Å²) in [5.74, 6) is -0.348. The Morgan fingerprint density at radius 2 is 2.18 bits per heavy atom. The fraction of sp³-hybridized carbons (Fsp3) is 0.0714. The molecule has 3 heteroatoms. The summed E-state index contributed by atoms with van der Waals surface area (Å²) in [6.07, 6.45) is 0. The Hall–Kier alpha value is -2.34. The number of hydrogen-bond acceptors (Lipinski definition) is 2. The molecule has 0 saturated heterocycles. The lowest BCUT2D eigenvalue weighted by molar-refractivity contribution is 0.290. The van der Waals surface area contributed by atoms with Crippen LogP contribution in [0.5, 0.6) is 5.75 Å². The highest BCUT2D eigenvalue weighted by Gasteiger charge is 2.02. The monoisotopic (exact) mass is 226 g/mol. The molecule has 0 heterocycles. The zero-order chi connectivity index (χ0) is 12.1. The van der Waals surface area contributed by atoms with Crippen molar-refractivity contribution in [3.8, 4) is 11.8 Å². The first-order chi connectivity index (χ1) is 8.29. The number of hydrogen-bond donors (Lipinski definition) is 0. The lowest BCUT2D eigenvalue weighted by Crippen LogP contribution is -1.97. The second-order valence-electron chi connectivity index (χ2n) is 3.45. The van der Waals surface area contributed by atoms with Crippen molar-refractivity contribution in [2.24, 2.45) is 0 Å². The highest BCUT2D eigenvalue weighted by Crippen LogP contribution is 2.16. The summed E-state index contributed by atoms with van der Waals surface area (Å²) in [5.41, 5.74) is 1.39. The molecule has 83 valence electrons. The second-order valence-corrected chi connectivity index (χ2v) is 3.45. The summed E-state index contributed by atoms with van der Waals surface area (Å²) in [4.78, 5) is 0. The van der Waals surface area contributed by atoms with Gasteiger partial charge in [0.15, 0.2) is 11.6 Å². The predicted octanol–water partition coefficient (Wildman–Crippen LogP) is 3.08. The van der Waals surface area contributed by atoms with Crippen LogP contribution in [0.2, 0.25) is 0 Å². The summed E-state index contributed by atoms with van der Waals surface area (Å²) >= 11 is 0. The largest absolute Gasteiger partial charge is 0.486 e. The Morgan fingerprint density at radius 3 is 2.94 bits per heavy atom. The molecule has 0 atom stereocenters. The maximum atomic E-state index is 13.2. The van der Waals surface area contributed by atoms with Crippen LogP contribution in [-0.2, 0) is 6.61 Å². The average molecular weight is 226 g/mol. The van der Waals surface area contributed by atoms with Gasteiger partial charge in [-0.1, -0.05) is 24.3 Å². The van der Waals surface area contributed by atoms with E-state index in [1.165, 1.54) is 6.07 Å². The van der Waals surface area contributed by atoms with E-state index < -0.39 is 5.82 Å². The molecule has 0 fully saturated rings. The van der Waals surface area contributed by atoms with Crippen LogP contribution in [0, 0.1) is 23.2 Å². The molecule has 0 bridgehead atoms. The molecule has 0 aromatic heterocycles. The Labute approximate surface area is 98.9 Å². The third kappa shape index (κ3) is 2.82. The number of rotatable bonds is 3. The van der Waals surface area contributed by atoms with Gasteiger partial charge < -0.3 is 4.74 Å². The number of nitriles is 1. The van der Waals surface area contributed by atoms with Crippen molar-refractivity contribution in [1.29, 1.82) is 5.26 Å². The molecule has 0 N–H and O–H groups in total. The van der Waals surface area contributed by atoms with Crippen molar-refractivity contribution in [2.45, 2.75) is 6.61 Å². The van der Waals surface area contributed by atoms with Crippen LogP contribution in [0.25, 0.3) is 0 Å². The van der Waals surface area contributed by atoms with Gasteiger partial charge in [-0.3, -0.25) is 0 Å². The summed E-state index contributed by atoms with van der Waals surface area (Å²) in [7, 11) is 0. The fourth-order valence-electron chi connectivity index (χ4n) is 1.40. The third-order valence-corrected chi connectivity index (χ3v) is 2.22. The van der Waals surface area contributed by atoms with E-state index in [0.717, 1.165) is 5.56 Å². The van der Waals surface area contributed by atoms with Crippen molar-refractivity contribution in [1.82, 2.24) is 0 Å². The summed E-state index contributed by atoms with van der Waals surface area (Å²) in [6.45, 7) is 0.226. The molecule has 2 aromatic rings. The van der Waals surface area contributed by atoms with Crippen molar-refractivity contribution in [3.63, 3.8) is 0 Å². The molecule has 2 rings (SSSR count). The molecule has 0 spiro atoms. The van der Waals surface area contributed by atoms with E-state index in [9.17, 15) is 4.39 Å². The minimum Gasteiger partial charge on any atom is -0.486 e. The summed E-state index contributed by atoms with van der Waals surface area (Å²) in [5, 5.41) is 8.74. The Morgan fingerprint density at radius 1 is 1.29 bits per heavy atom. The van der Waals surface area contributed by atoms with Gasteiger partial charge in [0.25, 0.3) is 0 Å². The van der Waals surface area contributed by atoms with Crippen LogP contribution >= 0.6 is 0 Å².